The fraction of sp³-hybridized carbons (Fsp3) is 0.118. The molecule has 7 heteroatoms. The highest BCUT2D eigenvalue weighted by Crippen LogP contribution is 2.27. The van der Waals surface area contributed by atoms with E-state index in [0.717, 1.165) is 11.1 Å². The average Bonchev–Trinajstić information content (AvgIpc) is 2.87. The molecule has 5 nitrogen and oxygen atoms in total. The van der Waals surface area contributed by atoms with E-state index in [1.54, 1.807) is 48.1 Å². The third-order valence-corrected chi connectivity index (χ3v) is 4.19. The van der Waals surface area contributed by atoms with Gasteiger partial charge in [0, 0.05) is 28.0 Å². The van der Waals surface area contributed by atoms with Crippen LogP contribution in [0.5, 0.6) is 0 Å². The Morgan fingerprint density at radius 3 is 2.71 bits per heavy atom. The largest absolute Gasteiger partial charge is 0.477 e. The van der Waals surface area contributed by atoms with Crippen molar-refractivity contribution >= 4 is 29.2 Å². The predicted molar refractivity (Wildman–Crippen MR) is 92.7 cm³/mol. The van der Waals surface area contributed by atoms with E-state index in [2.05, 4.69) is 9.97 Å². The van der Waals surface area contributed by atoms with Crippen LogP contribution in [0.25, 0.3) is 11.4 Å². The lowest BCUT2D eigenvalue weighted by atomic mass is 10.2. The lowest BCUT2D eigenvalue weighted by Crippen LogP contribution is -2.12. The standard InChI is InChI=1S/C17H13Cl2N3O2/c1-10-15(17(23)24)22(9-12-4-5-13(18)7-14(12)19)16(21-10)11-3-2-6-20-8-11/h2-8H,9H2,1H3,(H,23,24). The molecule has 0 unspecified atom stereocenters. The summed E-state index contributed by atoms with van der Waals surface area (Å²) in [6.45, 7) is 1.94. The minimum absolute atomic E-state index is 0.125. The van der Waals surface area contributed by atoms with Crippen molar-refractivity contribution in [2.45, 2.75) is 13.5 Å². The number of carboxylic acids is 1. The molecule has 0 radical (unpaired) electrons. The average molecular weight is 362 g/mol. The second-order valence-electron chi connectivity index (χ2n) is 5.24. The van der Waals surface area contributed by atoms with E-state index in [4.69, 9.17) is 23.2 Å². The molecule has 0 aliphatic heterocycles. The van der Waals surface area contributed by atoms with Crippen molar-refractivity contribution < 1.29 is 9.90 Å². The molecule has 2 aromatic heterocycles. The first-order chi connectivity index (χ1) is 11.5. The van der Waals surface area contributed by atoms with E-state index in [0.29, 0.717) is 21.6 Å². The topological polar surface area (TPSA) is 68.0 Å². The van der Waals surface area contributed by atoms with Gasteiger partial charge in [0.2, 0.25) is 0 Å². The summed E-state index contributed by atoms with van der Waals surface area (Å²) in [5.74, 6) is -0.510. The smallest absolute Gasteiger partial charge is 0.354 e. The van der Waals surface area contributed by atoms with Gasteiger partial charge in [0.05, 0.1) is 12.2 Å². The highest BCUT2D eigenvalue weighted by molar-refractivity contribution is 6.35. The maximum absolute atomic E-state index is 11.7. The Balaban J connectivity index is 2.16. The molecule has 0 fully saturated rings. The quantitative estimate of drug-likeness (QED) is 0.751. The lowest BCUT2D eigenvalue weighted by Gasteiger charge is -2.12. The van der Waals surface area contributed by atoms with Gasteiger partial charge in [-0.1, -0.05) is 29.3 Å². The zero-order chi connectivity index (χ0) is 17.3. The van der Waals surface area contributed by atoms with Crippen LogP contribution in [-0.2, 0) is 6.54 Å². The molecular weight excluding hydrogens is 349 g/mol. The van der Waals surface area contributed by atoms with Gasteiger partial charge in [-0.2, -0.15) is 0 Å². The molecule has 1 N–H and O–H groups in total. The maximum Gasteiger partial charge on any atom is 0.354 e. The van der Waals surface area contributed by atoms with Crippen molar-refractivity contribution in [1.82, 2.24) is 14.5 Å². The van der Waals surface area contributed by atoms with E-state index in [1.807, 2.05) is 6.07 Å². The van der Waals surface area contributed by atoms with Crippen molar-refractivity contribution in [1.29, 1.82) is 0 Å². The van der Waals surface area contributed by atoms with Crippen LogP contribution in [0.15, 0.2) is 42.7 Å². The molecule has 0 amide bonds. The van der Waals surface area contributed by atoms with Crippen LogP contribution in [0.4, 0.5) is 0 Å². The molecule has 3 aromatic rings. The summed E-state index contributed by atoms with van der Waals surface area (Å²) in [6.07, 6.45) is 3.30. The third kappa shape index (κ3) is 3.13. The molecule has 0 aliphatic rings. The minimum atomic E-state index is -1.04. The Morgan fingerprint density at radius 1 is 1.29 bits per heavy atom. The molecule has 2 heterocycles. The van der Waals surface area contributed by atoms with E-state index in [9.17, 15) is 9.90 Å². The maximum atomic E-state index is 11.7. The van der Waals surface area contributed by atoms with Crippen molar-refractivity contribution in [2.24, 2.45) is 0 Å². The van der Waals surface area contributed by atoms with E-state index < -0.39 is 5.97 Å². The number of aromatic carboxylic acids is 1. The van der Waals surface area contributed by atoms with E-state index in [-0.39, 0.29) is 12.2 Å². The minimum Gasteiger partial charge on any atom is -0.477 e. The molecule has 24 heavy (non-hydrogen) atoms. The first-order valence-corrected chi connectivity index (χ1v) is 7.87. The number of aryl methyl sites for hydroxylation is 1. The first kappa shape index (κ1) is 16.5. The Bertz CT molecular complexity index is 908. The van der Waals surface area contributed by atoms with E-state index in [1.165, 1.54) is 0 Å². The summed E-state index contributed by atoms with van der Waals surface area (Å²) >= 11 is 12.2. The zero-order valence-electron chi connectivity index (χ0n) is 12.7. The van der Waals surface area contributed by atoms with Gasteiger partial charge in [0.15, 0.2) is 5.69 Å². The number of pyridine rings is 1. The summed E-state index contributed by atoms with van der Waals surface area (Å²) < 4.78 is 1.63. The normalized spacial score (nSPS) is 10.8. The number of nitrogens with zero attached hydrogens (tertiary/aromatic N) is 3. The molecule has 0 aliphatic carbocycles. The number of halogens is 2. The van der Waals surface area contributed by atoms with Gasteiger partial charge in [-0.3, -0.25) is 4.98 Å². The van der Waals surface area contributed by atoms with Gasteiger partial charge in [-0.05, 0) is 36.8 Å². The number of imidazole rings is 1. The van der Waals surface area contributed by atoms with Gasteiger partial charge in [0.1, 0.15) is 5.82 Å². The van der Waals surface area contributed by atoms with Crippen LogP contribution < -0.4 is 0 Å². The Labute approximate surface area is 148 Å². The summed E-state index contributed by atoms with van der Waals surface area (Å²) in [5.41, 5.74) is 2.05. The Morgan fingerprint density at radius 2 is 2.08 bits per heavy atom. The number of rotatable bonds is 4. The summed E-state index contributed by atoms with van der Waals surface area (Å²) in [6, 6.07) is 8.74. The fourth-order valence-electron chi connectivity index (χ4n) is 2.53. The number of carboxylic acid groups (broad SMARTS) is 1. The number of hydrogen-bond acceptors (Lipinski definition) is 3. The second kappa shape index (κ2) is 6.63. The van der Waals surface area contributed by atoms with Crippen molar-refractivity contribution in [2.75, 3.05) is 0 Å². The van der Waals surface area contributed by atoms with Crippen LogP contribution in [0, 0.1) is 6.92 Å². The highest BCUT2D eigenvalue weighted by atomic mass is 35.5. The van der Waals surface area contributed by atoms with Crippen LogP contribution in [0.2, 0.25) is 10.0 Å². The zero-order valence-corrected chi connectivity index (χ0v) is 14.2. The highest BCUT2D eigenvalue weighted by Gasteiger charge is 2.21. The van der Waals surface area contributed by atoms with Gasteiger partial charge < -0.3 is 9.67 Å². The summed E-state index contributed by atoms with van der Waals surface area (Å²) in [4.78, 5) is 20.2. The predicted octanol–water partition coefficient (Wildman–Crippen LogP) is 4.31. The van der Waals surface area contributed by atoms with Crippen LogP contribution in [-0.4, -0.2) is 25.6 Å². The Hall–Kier alpha value is -2.37. The monoisotopic (exact) mass is 361 g/mol. The number of aromatic nitrogens is 3. The molecule has 0 saturated heterocycles. The Kier molecular flexibility index (Phi) is 4.55. The summed E-state index contributed by atoms with van der Waals surface area (Å²) in [5, 5.41) is 10.6. The molecule has 1 aromatic carbocycles. The lowest BCUT2D eigenvalue weighted by molar-refractivity contribution is 0.0685. The van der Waals surface area contributed by atoms with E-state index >= 15 is 0 Å². The molecule has 0 atom stereocenters. The van der Waals surface area contributed by atoms with Crippen LogP contribution in [0.3, 0.4) is 0 Å². The molecular formula is C17H13Cl2N3O2. The van der Waals surface area contributed by atoms with Gasteiger partial charge in [-0.15, -0.1) is 0 Å². The van der Waals surface area contributed by atoms with Gasteiger partial charge >= 0.3 is 5.97 Å². The number of hydrogen-bond donors (Lipinski definition) is 1. The molecule has 0 bridgehead atoms. The molecule has 0 saturated carbocycles. The van der Waals surface area contributed by atoms with Gasteiger partial charge in [-0.25, -0.2) is 9.78 Å². The molecule has 122 valence electrons. The molecule has 0 spiro atoms. The molecule has 3 rings (SSSR count). The number of benzene rings is 1. The van der Waals surface area contributed by atoms with Crippen molar-refractivity contribution in [3.63, 3.8) is 0 Å². The summed E-state index contributed by atoms with van der Waals surface area (Å²) in [7, 11) is 0. The van der Waals surface area contributed by atoms with Crippen LogP contribution >= 0.6 is 23.2 Å². The van der Waals surface area contributed by atoms with Crippen molar-refractivity contribution in [3.05, 3.63) is 69.7 Å². The van der Waals surface area contributed by atoms with Crippen molar-refractivity contribution in [3.8, 4) is 11.4 Å². The third-order valence-electron chi connectivity index (χ3n) is 3.61. The number of carbonyl (C=O) groups is 1. The fourth-order valence-corrected chi connectivity index (χ4v) is 3.00. The SMILES string of the molecule is Cc1nc(-c2cccnc2)n(Cc2ccc(Cl)cc2Cl)c1C(=O)O. The van der Waals surface area contributed by atoms with Gasteiger partial charge in [0.25, 0.3) is 0 Å². The van der Waals surface area contributed by atoms with Crippen LogP contribution in [0.1, 0.15) is 21.7 Å². The second-order valence-corrected chi connectivity index (χ2v) is 6.08. The first-order valence-electron chi connectivity index (χ1n) is 7.12.